The predicted octanol–water partition coefficient (Wildman–Crippen LogP) is 3.70. The molecule has 0 saturated carbocycles. The lowest BCUT2D eigenvalue weighted by Gasteiger charge is -2.12. The number of carbonyl (C=O) groups is 1. The summed E-state index contributed by atoms with van der Waals surface area (Å²) in [6.07, 6.45) is 3.79. The van der Waals surface area contributed by atoms with Gasteiger partial charge in [-0.25, -0.2) is 4.98 Å². The van der Waals surface area contributed by atoms with E-state index in [4.69, 9.17) is 9.72 Å². The van der Waals surface area contributed by atoms with Gasteiger partial charge in [-0.2, -0.15) is 0 Å². The summed E-state index contributed by atoms with van der Waals surface area (Å²) < 4.78 is 7.73. The number of aromatic nitrogens is 2. The van der Waals surface area contributed by atoms with Crippen LogP contribution in [-0.4, -0.2) is 40.5 Å². The maximum Gasteiger partial charge on any atom is 0.272 e. The number of nitrogens with one attached hydrogen (secondary N) is 1. The zero-order valence-corrected chi connectivity index (χ0v) is 18.1. The van der Waals surface area contributed by atoms with Crippen molar-refractivity contribution in [2.75, 3.05) is 18.9 Å². The summed E-state index contributed by atoms with van der Waals surface area (Å²) in [7, 11) is 0. The smallest absolute Gasteiger partial charge is 0.272 e. The van der Waals surface area contributed by atoms with E-state index in [0.717, 1.165) is 29.9 Å². The SMILES string of the molecule is C=CCn1c(SCC(=O)NCC2CCCO2)nc2cc(-c3ccccc3)sc2c1=O. The molecule has 4 rings (SSSR count). The van der Waals surface area contributed by atoms with E-state index in [-0.39, 0.29) is 23.3 Å². The minimum absolute atomic E-state index is 0.0923. The average Bonchev–Trinajstić information content (AvgIpc) is 3.44. The zero-order valence-electron chi connectivity index (χ0n) is 16.5. The van der Waals surface area contributed by atoms with Crippen molar-refractivity contribution in [3.05, 3.63) is 59.4 Å². The Morgan fingerprint density at radius 3 is 2.97 bits per heavy atom. The lowest BCUT2D eigenvalue weighted by molar-refractivity contribution is -0.119. The highest BCUT2D eigenvalue weighted by Gasteiger charge is 2.18. The number of hydrogen-bond donors (Lipinski definition) is 1. The van der Waals surface area contributed by atoms with Gasteiger partial charge < -0.3 is 10.1 Å². The van der Waals surface area contributed by atoms with Gasteiger partial charge in [-0.3, -0.25) is 14.2 Å². The molecule has 3 aromatic rings. The molecule has 3 heterocycles. The lowest BCUT2D eigenvalue weighted by Crippen LogP contribution is -2.33. The fourth-order valence-corrected chi connectivity index (χ4v) is 5.24. The predicted molar refractivity (Wildman–Crippen MR) is 122 cm³/mol. The molecule has 30 heavy (non-hydrogen) atoms. The second-order valence-electron chi connectivity index (χ2n) is 7.02. The highest BCUT2D eigenvalue weighted by Crippen LogP contribution is 2.31. The fourth-order valence-electron chi connectivity index (χ4n) is 3.35. The van der Waals surface area contributed by atoms with Crippen LogP contribution in [0.25, 0.3) is 20.7 Å². The first kappa shape index (κ1) is 20.8. The number of amides is 1. The second-order valence-corrected chi connectivity index (χ2v) is 9.01. The molecule has 6 nitrogen and oxygen atoms in total. The third-order valence-corrected chi connectivity index (χ3v) is 6.99. The van der Waals surface area contributed by atoms with Crippen LogP contribution in [0, 0.1) is 0 Å². The van der Waals surface area contributed by atoms with Gasteiger partial charge in [-0.1, -0.05) is 48.2 Å². The van der Waals surface area contributed by atoms with Crippen molar-refractivity contribution in [3.8, 4) is 10.4 Å². The number of benzene rings is 1. The molecule has 1 saturated heterocycles. The molecule has 1 unspecified atom stereocenters. The molecular weight excluding hydrogens is 418 g/mol. The second kappa shape index (κ2) is 9.59. The molecule has 8 heteroatoms. The molecule has 1 N–H and O–H groups in total. The van der Waals surface area contributed by atoms with Crippen molar-refractivity contribution in [2.24, 2.45) is 0 Å². The van der Waals surface area contributed by atoms with E-state index in [9.17, 15) is 9.59 Å². The van der Waals surface area contributed by atoms with Crippen LogP contribution in [0.5, 0.6) is 0 Å². The van der Waals surface area contributed by atoms with Crippen molar-refractivity contribution >= 4 is 39.2 Å². The number of fused-ring (bicyclic) bond motifs is 1. The molecular formula is C22H23N3O3S2. The third-order valence-electron chi connectivity index (χ3n) is 4.85. The topological polar surface area (TPSA) is 73.2 Å². The normalized spacial score (nSPS) is 16.1. The van der Waals surface area contributed by atoms with Gasteiger partial charge >= 0.3 is 0 Å². The molecule has 1 fully saturated rings. The van der Waals surface area contributed by atoms with Crippen molar-refractivity contribution in [1.29, 1.82) is 0 Å². The standard InChI is InChI=1S/C22H23N3O3S2/c1-2-10-25-21(27)20-17(12-18(30-20)15-7-4-3-5-8-15)24-22(25)29-14-19(26)23-13-16-9-6-11-28-16/h2-5,7-8,12,16H,1,6,9-11,13-14H2,(H,23,26). The van der Waals surface area contributed by atoms with E-state index in [0.29, 0.717) is 28.5 Å². The summed E-state index contributed by atoms with van der Waals surface area (Å²) in [5, 5.41) is 3.43. The van der Waals surface area contributed by atoms with Crippen LogP contribution >= 0.6 is 23.1 Å². The zero-order chi connectivity index (χ0) is 20.9. The van der Waals surface area contributed by atoms with Crippen molar-refractivity contribution in [2.45, 2.75) is 30.6 Å². The molecule has 1 atom stereocenters. The summed E-state index contributed by atoms with van der Waals surface area (Å²) >= 11 is 2.71. The first-order valence-corrected chi connectivity index (χ1v) is 11.7. The van der Waals surface area contributed by atoms with Crippen LogP contribution in [0.15, 0.2) is 59.0 Å². The summed E-state index contributed by atoms with van der Waals surface area (Å²) in [4.78, 5) is 31.0. The average molecular weight is 442 g/mol. The van der Waals surface area contributed by atoms with Gasteiger partial charge in [0.15, 0.2) is 5.16 Å². The van der Waals surface area contributed by atoms with Gasteiger partial charge in [-0.05, 0) is 24.5 Å². The Morgan fingerprint density at radius 1 is 1.40 bits per heavy atom. The summed E-state index contributed by atoms with van der Waals surface area (Å²) in [6, 6.07) is 11.9. The maximum absolute atomic E-state index is 13.1. The van der Waals surface area contributed by atoms with Crippen molar-refractivity contribution in [1.82, 2.24) is 14.9 Å². The number of thiophene rings is 1. The quantitative estimate of drug-likeness (QED) is 0.328. The van der Waals surface area contributed by atoms with Crippen LogP contribution in [-0.2, 0) is 16.1 Å². The van der Waals surface area contributed by atoms with Gasteiger partial charge in [0, 0.05) is 24.6 Å². The molecule has 156 valence electrons. The minimum atomic E-state index is -0.102. The van der Waals surface area contributed by atoms with E-state index in [2.05, 4.69) is 11.9 Å². The first-order valence-electron chi connectivity index (χ1n) is 9.87. The maximum atomic E-state index is 13.1. The monoisotopic (exact) mass is 441 g/mol. The van der Waals surface area contributed by atoms with Gasteiger partial charge in [0.2, 0.25) is 5.91 Å². The summed E-state index contributed by atoms with van der Waals surface area (Å²) in [6.45, 7) is 5.39. The van der Waals surface area contributed by atoms with Crippen molar-refractivity contribution < 1.29 is 9.53 Å². The largest absolute Gasteiger partial charge is 0.376 e. The first-order chi connectivity index (χ1) is 14.7. The van der Waals surface area contributed by atoms with Crippen LogP contribution in [0.4, 0.5) is 0 Å². The third kappa shape index (κ3) is 4.66. The van der Waals surface area contributed by atoms with Gasteiger partial charge in [-0.15, -0.1) is 17.9 Å². The summed E-state index contributed by atoms with van der Waals surface area (Å²) in [5.41, 5.74) is 1.61. The number of hydrogen-bond acceptors (Lipinski definition) is 6. The number of allylic oxidation sites excluding steroid dienone is 1. The lowest BCUT2D eigenvalue weighted by atomic mass is 10.2. The Kier molecular flexibility index (Phi) is 6.66. The molecule has 0 radical (unpaired) electrons. The Morgan fingerprint density at radius 2 is 2.23 bits per heavy atom. The molecule has 2 aromatic heterocycles. The molecule has 0 aliphatic carbocycles. The van der Waals surface area contributed by atoms with E-state index in [1.807, 2.05) is 36.4 Å². The Labute approximate surface area is 183 Å². The van der Waals surface area contributed by atoms with Crippen LogP contribution < -0.4 is 10.9 Å². The molecule has 0 spiro atoms. The van der Waals surface area contributed by atoms with E-state index >= 15 is 0 Å². The number of thioether (sulfide) groups is 1. The molecule has 0 bridgehead atoms. The summed E-state index contributed by atoms with van der Waals surface area (Å²) in [5.74, 6) is 0.0996. The highest BCUT2D eigenvalue weighted by atomic mass is 32.2. The Balaban J connectivity index is 1.55. The van der Waals surface area contributed by atoms with Gasteiger partial charge in [0.25, 0.3) is 5.56 Å². The number of ether oxygens (including phenoxy) is 1. The van der Waals surface area contributed by atoms with Crippen molar-refractivity contribution in [3.63, 3.8) is 0 Å². The van der Waals surface area contributed by atoms with Crippen LogP contribution in [0.3, 0.4) is 0 Å². The molecule has 1 aromatic carbocycles. The van der Waals surface area contributed by atoms with Gasteiger partial charge in [0.05, 0.1) is 17.4 Å². The van der Waals surface area contributed by atoms with Crippen LogP contribution in [0.2, 0.25) is 0 Å². The molecule has 1 amide bonds. The van der Waals surface area contributed by atoms with E-state index in [1.54, 1.807) is 10.6 Å². The highest BCUT2D eigenvalue weighted by molar-refractivity contribution is 7.99. The Bertz CT molecular complexity index is 1100. The van der Waals surface area contributed by atoms with Crippen LogP contribution in [0.1, 0.15) is 12.8 Å². The van der Waals surface area contributed by atoms with E-state index < -0.39 is 0 Å². The Hall–Kier alpha value is -2.42. The van der Waals surface area contributed by atoms with E-state index in [1.165, 1.54) is 23.1 Å². The number of rotatable bonds is 8. The van der Waals surface area contributed by atoms with Gasteiger partial charge in [0.1, 0.15) is 4.70 Å². The number of nitrogens with zero attached hydrogens (tertiary/aromatic N) is 2. The molecule has 1 aliphatic rings. The fraction of sp³-hybridized carbons (Fsp3) is 0.318. The molecule has 1 aliphatic heterocycles. The minimum Gasteiger partial charge on any atom is -0.376 e. The number of carbonyl (C=O) groups excluding carboxylic acids is 1.